The number of nitrogens with zero attached hydrogens (tertiary/aromatic N) is 1. The van der Waals surface area contributed by atoms with Gasteiger partial charge in [0.15, 0.2) is 6.10 Å². The van der Waals surface area contributed by atoms with Crippen molar-refractivity contribution >= 4 is 17.7 Å². The monoisotopic (exact) mass is 219 g/mol. The Balaban J connectivity index is 2.38. The number of ether oxygens (including phenoxy) is 1. The number of hydrogen-bond acceptors (Lipinski definition) is 5. The summed E-state index contributed by atoms with van der Waals surface area (Å²) in [7, 11) is 1.29. The molecule has 0 aromatic heterocycles. The Bertz CT molecular complexity index is 200. The third kappa shape index (κ3) is 3.15. The van der Waals surface area contributed by atoms with Crippen LogP contribution in [0.3, 0.4) is 0 Å². The number of carbonyl (C=O) groups is 1. The zero-order chi connectivity index (χ0) is 10.6. The van der Waals surface area contributed by atoms with Crippen LogP contribution < -0.4 is 0 Å². The predicted molar refractivity (Wildman–Crippen MR) is 56.4 cm³/mol. The molecule has 4 nitrogen and oxygen atoms in total. The van der Waals surface area contributed by atoms with E-state index in [4.69, 9.17) is 0 Å². The van der Waals surface area contributed by atoms with Crippen LogP contribution in [-0.4, -0.2) is 59.8 Å². The maximum absolute atomic E-state index is 11.0. The summed E-state index contributed by atoms with van der Waals surface area (Å²) in [6, 6.07) is 0.424. The predicted octanol–water partition coefficient (Wildman–Crippen LogP) is -0.0424. The molecule has 14 heavy (non-hydrogen) atoms. The summed E-state index contributed by atoms with van der Waals surface area (Å²) in [4.78, 5) is 13.1. The van der Waals surface area contributed by atoms with Crippen LogP contribution in [0.2, 0.25) is 0 Å². The van der Waals surface area contributed by atoms with Crippen molar-refractivity contribution in [2.75, 3.05) is 31.7 Å². The van der Waals surface area contributed by atoms with Gasteiger partial charge in [0.1, 0.15) is 0 Å². The van der Waals surface area contributed by atoms with Crippen molar-refractivity contribution in [3.05, 3.63) is 0 Å². The van der Waals surface area contributed by atoms with Crippen molar-refractivity contribution in [1.82, 2.24) is 4.90 Å². The van der Waals surface area contributed by atoms with Gasteiger partial charge < -0.3 is 9.84 Å². The molecule has 1 aliphatic heterocycles. The SMILES string of the molecule is COC(=O)C(O)CN1CCSCC1C. The molecule has 0 bridgehead atoms. The molecule has 0 aromatic carbocycles. The number of rotatable bonds is 3. The van der Waals surface area contributed by atoms with Crippen LogP contribution in [0.5, 0.6) is 0 Å². The van der Waals surface area contributed by atoms with Crippen molar-refractivity contribution in [3.8, 4) is 0 Å². The number of thioether (sulfide) groups is 1. The number of esters is 1. The van der Waals surface area contributed by atoms with E-state index in [1.54, 1.807) is 0 Å². The second-order valence-corrected chi connectivity index (χ2v) is 4.61. The third-order valence-corrected chi connectivity index (χ3v) is 3.58. The number of methoxy groups -OCH3 is 1. The van der Waals surface area contributed by atoms with E-state index in [9.17, 15) is 9.90 Å². The number of aliphatic hydroxyl groups excluding tert-OH is 1. The van der Waals surface area contributed by atoms with Crippen LogP contribution in [0.1, 0.15) is 6.92 Å². The largest absolute Gasteiger partial charge is 0.467 e. The van der Waals surface area contributed by atoms with E-state index >= 15 is 0 Å². The smallest absolute Gasteiger partial charge is 0.336 e. The molecule has 1 N–H and O–H groups in total. The molecule has 1 rings (SSSR count). The van der Waals surface area contributed by atoms with E-state index in [2.05, 4.69) is 16.6 Å². The summed E-state index contributed by atoms with van der Waals surface area (Å²) < 4.78 is 4.47. The molecule has 1 saturated heterocycles. The van der Waals surface area contributed by atoms with Crippen LogP contribution in [0.25, 0.3) is 0 Å². The Morgan fingerprint density at radius 3 is 3.07 bits per heavy atom. The molecule has 1 fully saturated rings. The third-order valence-electron chi connectivity index (χ3n) is 2.39. The average Bonchev–Trinajstić information content (AvgIpc) is 2.20. The first-order valence-corrected chi connectivity index (χ1v) is 5.88. The highest BCUT2D eigenvalue weighted by atomic mass is 32.2. The minimum Gasteiger partial charge on any atom is -0.467 e. The number of β-amino-alcohol motifs (C(OH)–C–C–N with tert-alkyl or cyclic N) is 1. The summed E-state index contributed by atoms with van der Waals surface area (Å²) in [6.07, 6.45) is -1.01. The van der Waals surface area contributed by atoms with Crippen LogP contribution in [0.4, 0.5) is 0 Å². The molecule has 0 aromatic rings. The summed E-state index contributed by atoms with van der Waals surface area (Å²) in [5.41, 5.74) is 0. The van der Waals surface area contributed by atoms with Gasteiger partial charge in [0, 0.05) is 30.6 Å². The molecule has 82 valence electrons. The minimum absolute atomic E-state index is 0.383. The normalized spacial score (nSPS) is 25.8. The van der Waals surface area contributed by atoms with Crippen molar-refractivity contribution in [2.45, 2.75) is 19.1 Å². The quantitative estimate of drug-likeness (QED) is 0.675. The van der Waals surface area contributed by atoms with E-state index in [-0.39, 0.29) is 0 Å². The highest BCUT2D eigenvalue weighted by Crippen LogP contribution is 2.16. The molecule has 0 amide bonds. The highest BCUT2D eigenvalue weighted by molar-refractivity contribution is 7.99. The van der Waals surface area contributed by atoms with Gasteiger partial charge in [-0.1, -0.05) is 0 Å². The molecular formula is C9H17NO3S. The molecule has 2 atom stereocenters. The summed E-state index contributed by atoms with van der Waals surface area (Å²) in [6.45, 7) is 3.42. The molecule has 0 spiro atoms. The molecule has 5 heteroatoms. The van der Waals surface area contributed by atoms with Gasteiger partial charge in [0.25, 0.3) is 0 Å². The second kappa shape index (κ2) is 5.58. The fourth-order valence-corrected chi connectivity index (χ4v) is 2.55. The van der Waals surface area contributed by atoms with Crippen molar-refractivity contribution in [3.63, 3.8) is 0 Å². The van der Waals surface area contributed by atoms with Gasteiger partial charge in [-0.3, -0.25) is 4.90 Å². The zero-order valence-electron chi connectivity index (χ0n) is 8.60. The zero-order valence-corrected chi connectivity index (χ0v) is 9.42. The lowest BCUT2D eigenvalue weighted by molar-refractivity contribution is -0.151. The molecular weight excluding hydrogens is 202 g/mol. The molecule has 0 radical (unpaired) electrons. The molecule has 0 saturated carbocycles. The lowest BCUT2D eigenvalue weighted by atomic mass is 10.2. The van der Waals surface area contributed by atoms with Gasteiger partial charge in [-0.05, 0) is 6.92 Å². The van der Waals surface area contributed by atoms with Gasteiger partial charge in [-0.2, -0.15) is 11.8 Å². The number of hydrogen-bond donors (Lipinski definition) is 1. The van der Waals surface area contributed by atoms with Crippen molar-refractivity contribution in [2.24, 2.45) is 0 Å². The molecule has 1 aliphatic rings. The van der Waals surface area contributed by atoms with E-state index in [0.29, 0.717) is 12.6 Å². The van der Waals surface area contributed by atoms with Gasteiger partial charge in [0.05, 0.1) is 7.11 Å². The Labute approximate surface area is 88.6 Å². The van der Waals surface area contributed by atoms with Crippen molar-refractivity contribution < 1.29 is 14.6 Å². The number of carbonyl (C=O) groups excluding carboxylic acids is 1. The van der Waals surface area contributed by atoms with Crippen molar-refractivity contribution in [1.29, 1.82) is 0 Å². The fraction of sp³-hybridized carbons (Fsp3) is 0.889. The first-order chi connectivity index (χ1) is 6.65. The standard InChI is InChI=1S/C9H17NO3S/c1-7-6-14-4-3-10(7)5-8(11)9(12)13-2/h7-8,11H,3-6H2,1-2H3. The highest BCUT2D eigenvalue weighted by Gasteiger charge is 2.24. The maximum atomic E-state index is 11.0. The second-order valence-electron chi connectivity index (χ2n) is 3.46. The van der Waals surface area contributed by atoms with Gasteiger partial charge >= 0.3 is 5.97 Å². The van der Waals surface area contributed by atoms with E-state index in [1.807, 2.05) is 11.8 Å². The Kier molecular flexibility index (Phi) is 4.71. The fourth-order valence-electron chi connectivity index (χ4n) is 1.47. The molecule has 2 unspecified atom stereocenters. The molecule has 0 aliphatic carbocycles. The Hall–Kier alpha value is -0.260. The maximum Gasteiger partial charge on any atom is 0.336 e. The summed E-state index contributed by atoms with van der Waals surface area (Å²) in [5, 5.41) is 9.46. The van der Waals surface area contributed by atoms with Crippen LogP contribution >= 0.6 is 11.8 Å². The van der Waals surface area contributed by atoms with Gasteiger partial charge in [0.2, 0.25) is 0 Å². The van der Waals surface area contributed by atoms with E-state index < -0.39 is 12.1 Å². The lowest BCUT2D eigenvalue weighted by Crippen LogP contribution is -2.46. The van der Waals surface area contributed by atoms with Crippen LogP contribution in [0, 0.1) is 0 Å². The van der Waals surface area contributed by atoms with E-state index in [1.165, 1.54) is 7.11 Å². The average molecular weight is 219 g/mol. The Morgan fingerprint density at radius 1 is 1.79 bits per heavy atom. The lowest BCUT2D eigenvalue weighted by Gasteiger charge is -2.33. The van der Waals surface area contributed by atoms with Crippen LogP contribution in [0.15, 0.2) is 0 Å². The Morgan fingerprint density at radius 2 is 2.50 bits per heavy atom. The number of aliphatic hydroxyl groups is 1. The summed E-state index contributed by atoms with van der Waals surface area (Å²) in [5.74, 6) is 1.59. The van der Waals surface area contributed by atoms with Gasteiger partial charge in [-0.25, -0.2) is 4.79 Å². The summed E-state index contributed by atoms with van der Waals surface area (Å²) >= 11 is 1.91. The topological polar surface area (TPSA) is 49.8 Å². The van der Waals surface area contributed by atoms with E-state index in [0.717, 1.165) is 18.1 Å². The first kappa shape index (κ1) is 11.8. The van der Waals surface area contributed by atoms with Gasteiger partial charge in [-0.15, -0.1) is 0 Å². The van der Waals surface area contributed by atoms with Crippen LogP contribution in [-0.2, 0) is 9.53 Å². The molecule has 1 heterocycles. The first-order valence-electron chi connectivity index (χ1n) is 4.73. The minimum atomic E-state index is -1.01.